The number of phenolic OH excluding ortho intramolecular Hbond substituents is 2. The summed E-state index contributed by atoms with van der Waals surface area (Å²) in [6, 6.07) is 25.3. The number of phenols is 2. The van der Waals surface area contributed by atoms with Crippen LogP contribution in [-0.4, -0.2) is 95.7 Å². The largest absolute Gasteiger partial charge is 0.506 e. The van der Waals surface area contributed by atoms with Crippen LogP contribution in [0, 0.1) is 5.92 Å². The van der Waals surface area contributed by atoms with Crippen molar-refractivity contribution in [1.82, 2.24) is 30.0 Å². The number of aromatic nitrogens is 6. The van der Waals surface area contributed by atoms with Crippen LogP contribution in [0.3, 0.4) is 0 Å². The molecule has 4 aromatic carbocycles. The molecule has 0 saturated carbocycles. The molecule has 1 atom stereocenters. The summed E-state index contributed by atoms with van der Waals surface area (Å²) >= 11 is 5.45. The Bertz CT molecular complexity index is 2140. The van der Waals surface area contributed by atoms with Gasteiger partial charge in [-0.25, -0.2) is 4.79 Å². The third-order valence-corrected chi connectivity index (χ3v) is 9.37. The van der Waals surface area contributed by atoms with Gasteiger partial charge in [0.15, 0.2) is 0 Å². The monoisotopic (exact) mass is 816 g/mol. The number of ether oxygens (including phenoxy) is 2. The van der Waals surface area contributed by atoms with Gasteiger partial charge in [-0.1, -0.05) is 57.3 Å². The molecule has 0 aliphatic carbocycles. The molecule has 0 aliphatic heterocycles. The smallest absolute Gasteiger partial charge is 0.333 e. The maximum absolute atomic E-state index is 12.0. The van der Waals surface area contributed by atoms with Crippen molar-refractivity contribution in [2.24, 2.45) is 17.4 Å². The van der Waals surface area contributed by atoms with Crippen molar-refractivity contribution in [3.8, 4) is 22.9 Å². The Morgan fingerprint density at radius 2 is 1.19 bits per heavy atom. The van der Waals surface area contributed by atoms with Gasteiger partial charge in [0.2, 0.25) is 0 Å². The Morgan fingerprint density at radius 1 is 0.772 bits per heavy atom. The molecule has 304 valence electrons. The van der Waals surface area contributed by atoms with Crippen LogP contribution in [0.2, 0.25) is 0 Å². The number of benzene rings is 4. The second-order valence-corrected chi connectivity index (χ2v) is 14.1. The molecule has 14 nitrogen and oxygen atoms in total. The molecule has 0 fully saturated rings. The van der Waals surface area contributed by atoms with E-state index in [2.05, 4.69) is 39.6 Å². The summed E-state index contributed by atoms with van der Waals surface area (Å²) in [5.41, 5.74) is 16.6. The summed E-state index contributed by atoms with van der Waals surface area (Å²) in [6.07, 6.45) is 1.07. The minimum Gasteiger partial charge on any atom is -0.506 e. The maximum Gasteiger partial charge on any atom is 0.333 e. The Morgan fingerprint density at radius 3 is 1.58 bits per heavy atom. The third kappa shape index (κ3) is 13.9. The van der Waals surface area contributed by atoms with Gasteiger partial charge in [-0.05, 0) is 66.6 Å². The summed E-state index contributed by atoms with van der Waals surface area (Å²) < 4.78 is 10.5. The number of carbonyl (C=O) groups is 2. The number of fused-ring (bicyclic) bond motifs is 2. The van der Waals surface area contributed by atoms with Gasteiger partial charge in [0, 0.05) is 48.8 Å². The van der Waals surface area contributed by atoms with E-state index in [1.54, 1.807) is 49.0 Å². The quantitative estimate of drug-likeness (QED) is 0.0358. The van der Waals surface area contributed by atoms with E-state index in [-0.39, 0.29) is 44.0 Å². The topological polar surface area (TPSA) is 207 Å². The van der Waals surface area contributed by atoms with Crippen molar-refractivity contribution in [3.63, 3.8) is 0 Å². The molecule has 0 spiro atoms. The first-order valence-corrected chi connectivity index (χ1v) is 19.7. The van der Waals surface area contributed by atoms with E-state index in [0.29, 0.717) is 48.6 Å². The number of esters is 2. The zero-order valence-electron chi connectivity index (χ0n) is 31.5. The zero-order valence-corrected chi connectivity index (χ0v) is 33.2. The Balaban J connectivity index is 0.000000277. The van der Waals surface area contributed by atoms with Crippen LogP contribution in [-0.2, 0) is 31.9 Å². The van der Waals surface area contributed by atoms with Crippen molar-refractivity contribution in [1.29, 1.82) is 0 Å². The fourth-order valence-corrected chi connectivity index (χ4v) is 5.74. The van der Waals surface area contributed by atoms with E-state index < -0.39 is 5.97 Å². The van der Waals surface area contributed by atoms with Crippen LogP contribution >= 0.6 is 24.4 Å². The Hall–Kier alpha value is -5.42. The first-order valence-electron chi connectivity index (χ1n) is 17.9. The highest BCUT2D eigenvalue weighted by atomic mass is 32.2. The summed E-state index contributed by atoms with van der Waals surface area (Å²) in [6.45, 7) is 8.82. The first kappa shape index (κ1) is 46.0. The van der Waals surface area contributed by atoms with E-state index in [0.717, 1.165) is 44.7 Å². The molecule has 1 unspecified atom stereocenters. The number of hydrogen-bond acceptors (Lipinski definition) is 14. The number of nitrogens with two attached hydrogens (primary N) is 2. The van der Waals surface area contributed by atoms with Crippen molar-refractivity contribution < 1.29 is 29.3 Å². The highest BCUT2D eigenvalue weighted by Gasteiger charge is 2.15. The highest BCUT2D eigenvalue weighted by Crippen LogP contribution is 2.25. The standard InChI is InChI=1S/C20H24N4O3S.C18H17N3O3.C2H7NS.CH4/c1-14(13-28-11-9-21)20(26)27-10-8-15-6-7-19(25)18(12-15)24-22-16-4-2-3-5-17(16)23-24;1-12(2)18(23)24-10-9-13-7-8-17(22)16(11-13)21-19-14-5-3-4-6-15(14)20-21;3-1-2-4;/h2-7,12,14,25H,8-11,13,21H2,1H3;3-8,11,22H,1,9-10H2,2H3;4H,1-3H2;1H4. The third-order valence-electron chi connectivity index (χ3n) is 7.85. The molecule has 6 rings (SSSR count). The molecule has 6 aromatic rings. The zero-order chi connectivity index (χ0) is 40.5. The molecule has 16 heteroatoms. The predicted molar refractivity (Wildman–Crippen MR) is 230 cm³/mol. The highest BCUT2D eigenvalue weighted by molar-refractivity contribution is 7.99. The summed E-state index contributed by atoms with van der Waals surface area (Å²) in [7, 11) is 0. The van der Waals surface area contributed by atoms with Crippen LogP contribution in [0.15, 0.2) is 97.1 Å². The van der Waals surface area contributed by atoms with Gasteiger partial charge in [-0.2, -0.15) is 24.4 Å². The number of aromatic hydroxyl groups is 2. The Kier molecular flexibility index (Phi) is 19.0. The molecule has 0 bridgehead atoms. The number of thiol groups is 1. The van der Waals surface area contributed by atoms with Gasteiger partial charge in [-0.3, -0.25) is 4.79 Å². The van der Waals surface area contributed by atoms with Crippen LogP contribution in [0.4, 0.5) is 0 Å². The number of thioether (sulfide) groups is 1. The van der Waals surface area contributed by atoms with E-state index in [1.165, 1.54) is 9.59 Å². The average Bonchev–Trinajstić information content (AvgIpc) is 3.84. The molecule has 2 aromatic heterocycles. The van der Waals surface area contributed by atoms with Crippen LogP contribution in [0.5, 0.6) is 11.5 Å². The van der Waals surface area contributed by atoms with Gasteiger partial charge in [-0.15, -0.1) is 30.0 Å². The molecular formula is C41H52N8O6S2. The van der Waals surface area contributed by atoms with Crippen molar-refractivity contribution in [2.45, 2.75) is 34.1 Å². The SMILES string of the molecule is C.C=C(C)C(=O)OCCc1ccc(O)c(-n2nc3ccccc3n2)c1.CC(CSCCN)C(=O)OCCc1ccc(O)c(-n2nc3ccccc3n2)c1.NCCS. The van der Waals surface area contributed by atoms with Gasteiger partial charge in [0.05, 0.1) is 19.1 Å². The molecule has 0 amide bonds. The lowest BCUT2D eigenvalue weighted by Crippen LogP contribution is -2.19. The predicted octanol–water partition coefficient (Wildman–Crippen LogP) is 5.84. The van der Waals surface area contributed by atoms with E-state index in [1.807, 2.05) is 61.5 Å². The van der Waals surface area contributed by atoms with Crippen molar-refractivity contribution in [2.75, 3.05) is 43.6 Å². The number of nitrogens with zero attached hydrogens (tertiary/aromatic N) is 6. The first-order chi connectivity index (χ1) is 27.0. The van der Waals surface area contributed by atoms with Crippen LogP contribution in [0.1, 0.15) is 32.4 Å². The lowest BCUT2D eigenvalue weighted by Gasteiger charge is -2.11. The van der Waals surface area contributed by atoms with E-state index in [4.69, 9.17) is 20.9 Å². The molecule has 6 N–H and O–H groups in total. The van der Waals surface area contributed by atoms with E-state index in [9.17, 15) is 19.8 Å². The van der Waals surface area contributed by atoms with Gasteiger partial charge in [0.1, 0.15) is 44.9 Å². The molecule has 57 heavy (non-hydrogen) atoms. The molecule has 0 radical (unpaired) electrons. The second-order valence-electron chi connectivity index (χ2n) is 12.5. The molecule has 2 heterocycles. The maximum atomic E-state index is 12.0. The fraction of sp³-hybridized carbons (Fsp3) is 0.317. The van der Waals surface area contributed by atoms with Crippen molar-refractivity contribution >= 4 is 58.4 Å². The van der Waals surface area contributed by atoms with Crippen LogP contribution in [0.25, 0.3) is 33.4 Å². The second kappa shape index (κ2) is 23.6. The lowest BCUT2D eigenvalue weighted by molar-refractivity contribution is -0.147. The summed E-state index contributed by atoms with van der Waals surface area (Å²) in [4.78, 5) is 26.3. The minimum absolute atomic E-state index is 0. The van der Waals surface area contributed by atoms with Crippen LogP contribution < -0.4 is 11.5 Å². The van der Waals surface area contributed by atoms with Gasteiger partial charge in [0.25, 0.3) is 0 Å². The normalized spacial score (nSPS) is 11.0. The average molecular weight is 817 g/mol. The molecular weight excluding hydrogens is 765 g/mol. The number of hydrogen-bond donors (Lipinski definition) is 5. The fourth-order valence-electron chi connectivity index (χ4n) is 4.91. The number of carbonyl (C=O) groups excluding carboxylic acids is 2. The number of rotatable bonds is 15. The van der Waals surface area contributed by atoms with Crippen molar-refractivity contribution in [3.05, 3.63) is 108 Å². The molecule has 0 saturated heterocycles. The Labute approximate surface area is 342 Å². The lowest BCUT2D eigenvalue weighted by atomic mass is 10.1. The van der Waals surface area contributed by atoms with Gasteiger partial charge >= 0.3 is 11.9 Å². The molecule has 0 aliphatic rings. The minimum atomic E-state index is -0.408. The summed E-state index contributed by atoms with van der Waals surface area (Å²) in [5.74, 6) is 1.73. The van der Waals surface area contributed by atoms with Gasteiger partial charge < -0.3 is 31.2 Å². The van der Waals surface area contributed by atoms with E-state index >= 15 is 0 Å². The summed E-state index contributed by atoms with van der Waals surface area (Å²) in [5, 5.41) is 37.8.